The van der Waals surface area contributed by atoms with Crippen molar-refractivity contribution in [1.82, 2.24) is 10.3 Å². The van der Waals surface area contributed by atoms with Crippen LogP contribution in [0.5, 0.6) is 0 Å². The molecule has 112 valence electrons. The number of halogens is 2. The minimum absolute atomic E-state index is 0.0655. The highest BCUT2D eigenvalue weighted by atomic mass is 35.5. The molecule has 0 aliphatic heterocycles. The van der Waals surface area contributed by atoms with Crippen LogP contribution < -0.4 is 5.32 Å². The molecule has 0 radical (unpaired) electrons. The number of carbonyl (C=O) groups excluding carboxylic acids is 2. The van der Waals surface area contributed by atoms with E-state index in [1.807, 2.05) is 6.07 Å². The van der Waals surface area contributed by atoms with E-state index in [-0.39, 0.29) is 18.2 Å². The van der Waals surface area contributed by atoms with Crippen LogP contribution in [0.4, 0.5) is 0 Å². The van der Waals surface area contributed by atoms with Crippen molar-refractivity contribution in [1.29, 1.82) is 0 Å². The van der Waals surface area contributed by atoms with Crippen molar-refractivity contribution in [3.63, 3.8) is 0 Å². The first kappa shape index (κ1) is 15.1. The van der Waals surface area contributed by atoms with Gasteiger partial charge in [-0.05, 0) is 6.07 Å². The van der Waals surface area contributed by atoms with E-state index in [0.29, 0.717) is 26.1 Å². The quantitative estimate of drug-likeness (QED) is 0.692. The minimum atomic E-state index is -0.361. The molecule has 0 unspecified atom stereocenters. The molecule has 3 aromatic rings. The fraction of sp³-hybridized carbons (Fsp3) is 0.0667. The Morgan fingerprint density at radius 2 is 1.91 bits per heavy atom. The monoisotopic (exact) mass is 352 g/mol. The van der Waals surface area contributed by atoms with Crippen LogP contribution >= 0.6 is 34.5 Å². The van der Waals surface area contributed by atoms with Crippen LogP contribution in [0.25, 0.3) is 10.2 Å². The lowest BCUT2D eigenvalue weighted by atomic mass is 10.1. The number of hydrogen-bond donors (Lipinski definition) is 2. The van der Waals surface area contributed by atoms with Gasteiger partial charge in [-0.25, -0.2) is 0 Å². The van der Waals surface area contributed by atoms with Gasteiger partial charge < -0.3 is 10.3 Å². The van der Waals surface area contributed by atoms with Crippen molar-refractivity contribution >= 4 is 56.4 Å². The van der Waals surface area contributed by atoms with Gasteiger partial charge in [-0.15, -0.1) is 11.3 Å². The molecule has 2 heterocycles. The summed E-state index contributed by atoms with van der Waals surface area (Å²) in [5.41, 5.74) is 1.54. The maximum Gasteiger partial charge on any atom is 0.268 e. The number of aromatic amines is 1. The summed E-state index contributed by atoms with van der Waals surface area (Å²) in [6, 6.07) is 10.5. The van der Waals surface area contributed by atoms with Crippen LogP contribution in [0.2, 0.25) is 9.36 Å². The van der Waals surface area contributed by atoms with Crippen molar-refractivity contribution in [3.8, 4) is 0 Å². The topological polar surface area (TPSA) is 62.0 Å². The normalized spacial score (nSPS) is 10.8. The van der Waals surface area contributed by atoms with Gasteiger partial charge in [-0.2, -0.15) is 0 Å². The van der Waals surface area contributed by atoms with E-state index < -0.39 is 0 Å². The first-order chi connectivity index (χ1) is 10.6. The molecule has 0 atom stereocenters. The van der Waals surface area contributed by atoms with Crippen LogP contribution in [-0.2, 0) is 0 Å². The largest absolute Gasteiger partial charge is 0.349 e. The summed E-state index contributed by atoms with van der Waals surface area (Å²) >= 11 is 13.2. The van der Waals surface area contributed by atoms with E-state index in [0.717, 1.165) is 4.70 Å². The first-order valence-electron chi connectivity index (χ1n) is 6.39. The van der Waals surface area contributed by atoms with Crippen LogP contribution in [-0.4, -0.2) is 23.2 Å². The number of hydrogen-bond acceptors (Lipinski definition) is 3. The second kappa shape index (κ2) is 6.12. The summed E-state index contributed by atoms with van der Waals surface area (Å²) in [6.07, 6.45) is 0. The average Bonchev–Trinajstić information content (AvgIpc) is 3.06. The third-order valence-corrected chi connectivity index (χ3v) is 5.06. The number of fused-ring (bicyclic) bond motifs is 1. The second-order valence-electron chi connectivity index (χ2n) is 4.58. The molecule has 3 rings (SSSR count). The minimum Gasteiger partial charge on any atom is -0.349 e. The van der Waals surface area contributed by atoms with Gasteiger partial charge in [0.15, 0.2) is 5.78 Å². The zero-order valence-corrected chi connectivity index (χ0v) is 13.5. The summed E-state index contributed by atoms with van der Waals surface area (Å²) in [7, 11) is 0. The van der Waals surface area contributed by atoms with Crippen LogP contribution in [0, 0.1) is 0 Å². The molecular formula is C15H10Cl2N2O2S. The molecule has 0 saturated carbocycles. The van der Waals surface area contributed by atoms with Crippen molar-refractivity contribution in [2.45, 2.75) is 0 Å². The highest BCUT2D eigenvalue weighted by Crippen LogP contribution is 2.38. The van der Waals surface area contributed by atoms with E-state index >= 15 is 0 Å². The van der Waals surface area contributed by atoms with E-state index in [4.69, 9.17) is 23.2 Å². The van der Waals surface area contributed by atoms with Crippen molar-refractivity contribution < 1.29 is 9.59 Å². The number of aromatic nitrogens is 1. The van der Waals surface area contributed by atoms with Crippen LogP contribution in [0.1, 0.15) is 20.8 Å². The Kier molecular flexibility index (Phi) is 4.20. The second-order valence-corrected chi connectivity index (χ2v) is 6.62. The Morgan fingerprint density at radius 1 is 1.18 bits per heavy atom. The molecule has 0 saturated heterocycles. The Morgan fingerprint density at radius 3 is 2.59 bits per heavy atom. The standard InChI is InChI=1S/C15H10Cl2N2O2S/c16-12-13-11(22-14(12)17)6-9(19-13)15(21)18-7-10(20)8-4-2-1-3-5-8/h1-6,19H,7H2,(H,18,21). The van der Waals surface area contributed by atoms with E-state index in [1.54, 1.807) is 30.3 Å². The van der Waals surface area contributed by atoms with Crippen LogP contribution in [0.15, 0.2) is 36.4 Å². The number of rotatable bonds is 4. The highest BCUT2D eigenvalue weighted by Gasteiger charge is 2.16. The van der Waals surface area contributed by atoms with Gasteiger partial charge >= 0.3 is 0 Å². The third kappa shape index (κ3) is 2.88. The third-order valence-electron chi connectivity index (χ3n) is 3.12. The number of nitrogens with one attached hydrogen (secondary N) is 2. The average molecular weight is 353 g/mol. The number of thiophene rings is 1. The maximum atomic E-state index is 12.1. The number of ketones is 1. The molecule has 0 aliphatic rings. The van der Waals surface area contributed by atoms with E-state index in [9.17, 15) is 9.59 Å². The Labute approximate surface area is 140 Å². The summed E-state index contributed by atoms with van der Waals surface area (Å²) in [5, 5.41) is 2.99. The van der Waals surface area contributed by atoms with Crippen molar-refractivity contribution in [2.75, 3.05) is 6.54 Å². The number of H-pyrrole nitrogens is 1. The molecular weight excluding hydrogens is 343 g/mol. The zero-order chi connectivity index (χ0) is 15.7. The predicted octanol–water partition coefficient (Wildman–Crippen LogP) is 4.15. The molecule has 2 aromatic heterocycles. The Hall–Kier alpha value is -1.82. The van der Waals surface area contributed by atoms with E-state index in [2.05, 4.69) is 10.3 Å². The van der Waals surface area contributed by atoms with E-state index in [1.165, 1.54) is 11.3 Å². The summed E-state index contributed by atoms with van der Waals surface area (Å²) < 4.78 is 1.28. The first-order valence-corrected chi connectivity index (χ1v) is 7.96. The van der Waals surface area contributed by atoms with Gasteiger partial charge in [0.2, 0.25) is 0 Å². The van der Waals surface area contributed by atoms with Crippen molar-refractivity contribution in [3.05, 3.63) is 57.0 Å². The molecule has 22 heavy (non-hydrogen) atoms. The zero-order valence-electron chi connectivity index (χ0n) is 11.2. The smallest absolute Gasteiger partial charge is 0.268 e. The number of carbonyl (C=O) groups is 2. The van der Waals surface area contributed by atoms with Gasteiger partial charge in [0.1, 0.15) is 10.0 Å². The number of amides is 1. The predicted molar refractivity (Wildman–Crippen MR) is 89.3 cm³/mol. The fourth-order valence-electron chi connectivity index (χ4n) is 2.02. The summed E-state index contributed by atoms with van der Waals surface area (Å²) in [6.45, 7) is -0.0655. The van der Waals surface area contributed by atoms with Gasteiger partial charge in [-0.1, -0.05) is 53.5 Å². The molecule has 1 aromatic carbocycles. The number of Topliss-reactive ketones (excluding diaryl/α,β-unsaturated/α-hetero) is 1. The fourth-order valence-corrected chi connectivity index (χ4v) is 3.50. The SMILES string of the molecule is O=C(CNC(=O)c1cc2sc(Cl)c(Cl)c2[nH]1)c1ccccc1. The summed E-state index contributed by atoms with van der Waals surface area (Å²) in [5.74, 6) is -0.511. The molecule has 0 fully saturated rings. The lowest BCUT2D eigenvalue weighted by Crippen LogP contribution is -2.29. The molecule has 2 N–H and O–H groups in total. The lowest BCUT2D eigenvalue weighted by molar-refractivity contribution is 0.0901. The molecule has 0 spiro atoms. The summed E-state index contributed by atoms with van der Waals surface area (Å²) in [4.78, 5) is 26.9. The van der Waals surface area contributed by atoms with Crippen LogP contribution in [0.3, 0.4) is 0 Å². The maximum absolute atomic E-state index is 12.1. The van der Waals surface area contributed by atoms with Gasteiger partial charge in [0.05, 0.1) is 21.8 Å². The lowest BCUT2D eigenvalue weighted by Gasteiger charge is -2.03. The van der Waals surface area contributed by atoms with Gasteiger partial charge in [0, 0.05) is 5.56 Å². The Balaban J connectivity index is 1.70. The number of benzene rings is 1. The molecule has 0 aliphatic carbocycles. The molecule has 1 amide bonds. The van der Waals surface area contributed by atoms with Gasteiger partial charge in [-0.3, -0.25) is 9.59 Å². The highest BCUT2D eigenvalue weighted by molar-refractivity contribution is 7.23. The molecule has 0 bridgehead atoms. The molecule has 7 heteroatoms. The van der Waals surface area contributed by atoms with Crippen molar-refractivity contribution in [2.24, 2.45) is 0 Å². The van der Waals surface area contributed by atoms with Gasteiger partial charge in [0.25, 0.3) is 5.91 Å². The Bertz CT molecular complexity index is 855. The molecule has 4 nitrogen and oxygen atoms in total.